The highest BCUT2D eigenvalue weighted by atomic mass is 32.1. The molecule has 0 atom stereocenters. The van der Waals surface area contributed by atoms with Crippen LogP contribution >= 0.6 is 11.3 Å². The van der Waals surface area contributed by atoms with Gasteiger partial charge in [0.2, 0.25) is 17.6 Å². The number of nitrogens with zero attached hydrogens (tertiary/aromatic N) is 2. The van der Waals surface area contributed by atoms with E-state index in [0.29, 0.717) is 49.9 Å². The predicted molar refractivity (Wildman–Crippen MR) is 95.5 cm³/mol. The Morgan fingerprint density at radius 1 is 1.27 bits per heavy atom. The summed E-state index contributed by atoms with van der Waals surface area (Å²) >= 11 is 1.55. The average Bonchev–Trinajstić information content (AvgIpc) is 3.32. The van der Waals surface area contributed by atoms with Crippen molar-refractivity contribution < 1.29 is 18.4 Å². The van der Waals surface area contributed by atoms with E-state index in [-0.39, 0.29) is 11.7 Å². The van der Waals surface area contributed by atoms with E-state index < -0.39 is 0 Å². The number of rotatable bonds is 9. The highest BCUT2D eigenvalue weighted by Crippen LogP contribution is 2.21. The number of carbonyl (C=O) groups is 1. The van der Waals surface area contributed by atoms with Crippen molar-refractivity contribution in [3.05, 3.63) is 53.5 Å². The lowest BCUT2D eigenvalue weighted by Gasteiger charge is -2.07. The van der Waals surface area contributed by atoms with Crippen molar-refractivity contribution in [3.8, 4) is 16.5 Å². The van der Waals surface area contributed by atoms with E-state index in [1.54, 1.807) is 23.5 Å². The quantitative estimate of drug-likeness (QED) is 0.580. The number of aromatic nitrogens is 2. The van der Waals surface area contributed by atoms with Gasteiger partial charge in [-0.15, -0.1) is 11.3 Å². The molecule has 3 rings (SSSR count). The Hall–Kier alpha value is -2.74. The zero-order valence-corrected chi connectivity index (χ0v) is 14.8. The highest BCUT2D eigenvalue weighted by molar-refractivity contribution is 7.13. The van der Waals surface area contributed by atoms with Crippen molar-refractivity contribution in [2.75, 3.05) is 13.2 Å². The molecule has 0 radical (unpaired) electrons. The molecule has 136 valence electrons. The van der Waals surface area contributed by atoms with E-state index >= 15 is 0 Å². The molecule has 0 aliphatic rings. The first-order chi connectivity index (χ1) is 12.7. The second-order valence-corrected chi connectivity index (χ2v) is 6.44. The molecule has 2 aromatic heterocycles. The van der Waals surface area contributed by atoms with Gasteiger partial charge in [-0.05, 0) is 42.1 Å². The van der Waals surface area contributed by atoms with Crippen LogP contribution < -0.4 is 10.1 Å². The molecule has 6 nitrogen and oxygen atoms in total. The molecule has 0 bridgehead atoms. The Morgan fingerprint density at radius 2 is 2.12 bits per heavy atom. The van der Waals surface area contributed by atoms with Crippen LogP contribution in [0.4, 0.5) is 4.39 Å². The third kappa shape index (κ3) is 5.38. The Kier molecular flexibility index (Phi) is 6.32. The number of thiophene rings is 1. The number of nitrogens with one attached hydrogen (secondary N) is 1. The zero-order valence-electron chi connectivity index (χ0n) is 14.0. The number of benzene rings is 1. The smallest absolute Gasteiger partial charge is 0.226 e. The van der Waals surface area contributed by atoms with E-state index in [1.165, 1.54) is 12.1 Å². The summed E-state index contributed by atoms with van der Waals surface area (Å²) in [6.45, 7) is 0.713. The van der Waals surface area contributed by atoms with Gasteiger partial charge >= 0.3 is 0 Å². The van der Waals surface area contributed by atoms with Crippen LogP contribution in [0.5, 0.6) is 5.75 Å². The van der Waals surface area contributed by atoms with Crippen LogP contribution in [0.25, 0.3) is 10.7 Å². The van der Waals surface area contributed by atoms with Gasteiger partial charge in [0.25, 0.3) is 0 Å². The minimum Gasteiger partial charge on any atom is -0.492 e. The van der Waals surface area contributed by atoms with Gasteiger partial charge < -0.3 is 14.6 Å². The molecule has 1 N–H and O–H groups in total. The molecule has 1 aromatic carbocycles. The molecule has 0 unspecified atom stereocenters. The van der Waals surface area contributed by atoms with Crippen molar-refractivity contribution in [3.63, 3.8) is 0 Å². The van der Waals surface area contributed by atoms with Crippen molar-refractivity contribution in [2.45, 2.75) is 19.3 Å². The molecule has 0 saturated carbocycles. The van der Waals surface area contributed by atoms with E-state index in [1.807, 2.05) is 17.5 Å². The van der Waals surface area contributed by atoms with Gasteiger partial charge in [-0.1, -0.05) is 11.2 Å². The summed E-state index contributed by atoms with van der Waals surface area (Å²) in [6.07, 6.45) is 1.54. The van der Waals surface area contributed by atoms with Crippen LogP contribution in [0.15, 0.2) is 46.3 Å². The number of aryl methyl sites for hydroxylation is 1. The Balaban J connectivity index is 1.30. The maximum atomic E-state index is 12.8. The molecule has 26 heavy (non-hydrogen) atoms. The molecule has 0 aliphatic carbocycles. The molecule has 0 saturated heterocycles. The van der Waals surface area contributed by atoms with Gasteiger partial charge in [0.05, 0.1) is 11.4 Å². The zero-order chi connectivity index (χ0) is 18.2. The number of ether oxygens (including phenoxy) is 1. The van der Waals surface area contributed by atoms with E-state index in [0.717, 1.165) is 4.88 Å². The van der Waals surface area contributed by atoms with Crippen molar-refractivity contribution in [1.82, 2.24) is 15.5 Å². The lowest BCUT2D eigenvalue weighted by molar-refractivity contribution is -0.121. The molecule has 8 heteroatoms. The summed E-state index contributed by atoms with van der Waals surface area (Å²) in [6, 6.07) is 9.61. The molecule has 0 fully saturated rings. The molecular weight excluding hydrogens is 357 g/mol. The third-order valence-corrected chi connectivity index (χ3v) is 4.38. The number of carbonyl (C=O) groups excluding carboxylic acids is 1. The van der Waals surface area contributed by atoms with Gasteiger partial charge in [-0.2, -0.15) is 4.98 Å². The van der Waals surface area contributed by atoms with E-state index in [9.17, 15) is 9.18 Å². The van der Waals surface area contributed by atoms with Crippen LogP contribution in [-0.2, 0) is 11.2 Å². The van der Waals surface area contributed by atoms with Gasteiger partial charge in [-0.3, -0.25) is 4.79 Å². The minimum atomic E-state index is -0.311. The van der Waals surface area contributed by atoms with Gasteiger partial charge in [-0.25, -0.2) is 4.39 Å². The third-order valence-electron chi connectivity index (χ3n) is 3.51. The molecule has 2 heterocycles. The van der Waals surface area contributed by atoms with Crippen LogP contribution in [0, 0.1) is 5.82 Å². The first-order valence-electron chi connectivity index (χ1n) is 8.22. The summed E-state index contributed by atoms with van der Waals surface area (Å²) in [7, 11) is 0. The second kappa shape index (κ2) is 9.10. The standard InChI is InChI=1S/C18H18FN3O3S/c19-13-6-8-14(9-7-13)24-11-10-20-16(23)4-1-5-17-21-18(22-25-17)15-3-2-12-26-15/h2-3,6-9,12H,1,4-5,10-11H2,(H,20,23). The SMILES string of the molecule is O=C(CCCc1nc(-c2cccs2)no1)NCCOc1ccc(F)cc1. The fourth-order valence-electron chi connectivity index (χ4n) is 2.24. The summed E-state index contributed by atoms with van der Waals surface area (Å²) in [5.41, 5.74) is 0. The van der Waals surface area contributed by atoms with Crippen molar-refractivity contribution in [1.29, 1.82) is 0 Å². The van der Waals surface area contributed by atoms with Gasteiger partial charge in [0, 0.05) is 12.8 Å². The van der Waals surface area contributed by atoms with Gasteiger partial charge in [0.1, 0.15) is 18.2 Å². The van der Waals surface area contributed by atoms with Crippen LogP contribution in [0.1, 0.15) is 18.7 Å². The summed E-state index contributed by atoms with van der Waals surface area (Å²) < 4.78 is 23.4. The number of amides is 1. The van der Waals surface area contributed by atoms with Gasteiger partial charge in [0.15, 0.2) is 0 Å². The summed E-state index contributed by atoms with van der Waals surface area (Å²) in [5, 5.41) is 8.66. The fourth-order valence-corrected chi connectivity index (χ4v) is 2.89. The molecular formula is C18H18FN3O3S. The second-order valence-electron chi connectivity index (χ2n) is 5.49. The maximum Gasteiger partial charge on any atom is 0.226 e. The summed E-state index contributed by atoms with van der Waals surface area (Å²) in [5.74, 6) is 1.30. The number of hydrogen-bond donors (Lipinski definition) is 1. The predicted octanol–water partition coefficient (Wildman–Crippen LogP) is 3.46. The van der Waals surface area contributed by atoms with Crippen molar-refractivity contribution in [2.24, 2.45) is 0 Å². The highest BCUT2D eigenvalue weighted by Gasteiger charge is 2.10. The average molecular weight is 375 g/mol. The topological polar surface area (TPSA) is 77.2 Å². The Labute approximate surface area is 154 Å². The molecule has 0 aliphatic heterocycles. The lowest BCUT2D eigenvalue weighted by atomic mass is 10.2. The van der Waals surface area contributed by atoms with Crippen LogP contribution in [0.2, 0.25) is 0 Å². The molecule has 0 spiro atoms. The Bertz CT molecular complexity index is 819. The van der Waals surface area contributed by atoms with E-state index in [4.69, 9.17) is 9.26 Å². The molecule has 3 aromatic rings. The first-order valence-corrected chi connectivity index (χ1v) is 9.10. The number of halogens is 1. The fraction of sp³-hybridized carbons (Fsp3) is 0.278. The van der Waals surface area contributed by atoms with Crippen molar-refractivity contribution >= 4 is 17.2 Å². The van der Waals surface area contributed by atoms with Crippen LogP contribution in [-0.4, -0.2) is 29.2 Å². The lowest BCUT2D eigenvalue weighted by Crippen LogP contribution is -2.27. The normalized spacial score (nSPS) is 10.7. The minimum absolute atomic E-state index is 0.0642. The first kappa shape index (κ1) is 18.1. The summed E-state index contributed by atoms with van der Waals surface area (Å²) in [4.78, 5) is 17.1. The number of hydrogen-bond acceptors (Lipinski definition) is 6. The maximum absolute atomic E-state index is 12.8. The van der Waals surface area contributed by atoms with Crippen LogP contribution in [0.3, 0.4) is 0 Å². The molecule has 1 amide bonds. The van der Waals surface area contributed by atoms with E-state index in [2.05, 4.69) is 15.5 Å². The Morgan fingerprint density at radius 3 is 2.88 bits per heavy atom. The monoisotopic (exact) mass is 375 g/mol. The largest absolute Gasteiger partial charge is 0.492 e.